The van der Waals surface area contributed by atoms with Gasteiger partial charge in [-0.15, -0.1) is 11.3 Å². The van der Waals surface area contributed by atoms with Crippen molar-refractivity contribution < 1.29 is 4.79 Å². The van der Waals surface area contributed by atoms with E-state index in [2.05, 4.69) is 22.5 Å². The summed E-state index contributed by atoms with van der Waals surface area (Å²) >= 11 is 1.71. The predicted octanol–water partition coefficient (Wildman–Crippen LogP) is 2.08. The van der Waals surface area contributed by atoms with Crippen LogP contribution in [0, 0.1) is 13.8 Å². The minimum absolute atomic E-state index is 0.0655. The van der Waals surface area contributed by atoms with Crippen molar-refractivity contribution in [3.05, 3.63) is 15.6 Å². The second kappa shape index (κ2) is 5.80. The molecule has 1 aliphatic rings. The quantitative estimate of drug-likeness (QED) is 0.881. The van der Waals surface area contributed by atoms with Gasteiger partial charge in [-0.25, -0.2) is 4.98 Å². The zero-order valence-electron chi connectivity index (χ0n) is 11.2. The van der Waals surface area contributed by atoms with E-state index < -0.39 is 0 Å². The number of thiazole rings is 1. The Hall–Kier alpha value is -0.940. The summed E-state index contributed by atoms with van der Waals surface area (Å²) in [5.74, 6) is 0.137. The van der Waals surface area contributed by atoms with Crippen molar-refractivity contribution in [1.29, 1.82) is 0 Å². The van der Waals surface area contributed by atoms with Gasteiger partial charge in [-0.2, -0.15) is 0 Å². The van der Waals surface area contributed by atoms with E-state index >= 15 is 0 Å². The van der Waals surface area contributed by atoms with E-state index in [9.17, 15) is 4.79 Å². The van der Waals surface area contributed by atoms with Crippen molar-refractivity contribution in [3.8, 4) is 0 Å². The van der Waals surface area contributed by atoms with Gasteiger partial charge in [0.15, 0.2) is 0 Å². The van der Waals surface area contributed by atoms with E-state index in [-0.39, 0.29) is 18.0 Å². The summed E-state index contributed by atoms with van der Waals surface area (Å²) in [6, 6.07) is 0.120. The first-order chi connectivity index (χ1) is 8.58. The number of carbonyl (C=O) groups is 1. The Labute approximate surface area is 112 Å². The summed E-state index contributed by atoms with van der Waals surface area (Å²) in [7, 11) is 0. The highest BCUT2D eigenvalue weighted by atomic mass is 32.1. The second-order valence-corrected chi connectivity index (χ2v) is 6.15. The number of aromatic nitrogens is 1. The van der Waals surface area contributed by atoms with Crippen LogP contribution in [-0.2, 0) is 4.79 Å². The Kier molecular flexibility index (Phi) is 4.35. The average molecular weight is 267 g/mol. The number of nitrogens with one attached hydrogen (secondary N) is 2. The van der Waals surface area contributed by atoms with E-state index in [1.54, 1.807) is 11.3 Å². The molecular formula is C13H21N3OS. The molecule has 2 rings (SSSR count). The molecule has 0 saturated carbocycles. The SMILES string of the molecule is Cc1nc(C)c(C(C)NC2CCCCNC2=O)s1. The molecule has 1 aliphatic heterocycles. The minimum Gasteiger partial charge on any atom is -0.355 e. The van der Waals surface area contributed by atoms with Crippen molar-refractivity contribution in [2.75, 3.05) is 6.54 Å². The maximum Gasteiger partial charge on any atom is 0.237 e. The van der Waals surface area contributed by atoms with Gasteiger partial charge in [0.05, 0.1) is 16.7 Å². The van der Waals surface area contributed by atoms with Crippen LogP contribution >= 0.6 is 11.3 Å². The first-order valence-corrected chi connectivity index (χ1v) is 7.37. The topological polar surface area (TPSA) is 54.0 Å². The Morgan fingerprint density at radius 1 is 1.44 bits per heavy atom. The molecule has 2 atom stereocenters. The first-order valence-electron chi connectivity index (χ1n) is 6.55. The van der Waals surface area contributed by atoms with Crippen LogP contribution < -0.4 is 10.6 Å². The number of nitrogens with zero attached hydrogens (tertiary/aromatic N) is 1. The smallest absolute Gasteiger partial charge is 0.237 e. The fourth-order valence-electron chi connectivity index (χ4n) is 2.42. The van der Waals surface area contributed by atoms with Crippen LogP contribution in [0.3, 0.4) is 0 Å². The number of aryl methyl sites for hydroxylation is 2. The van der Waals surface area contributed by atoms with Crippen LogP contribution in [0.25, 0.3) is 0 Å². The van der Waals surface area contributed by atoms with Crippen molar-refractivity contribution in [2.45, 2.75) is 52.1 Å². The molecule has 2 heterocycles. The van der Waals surface area contributed by atoms with E-state index in [1.165, 1.54) is 4.88 Å². The fraction of sp³-hybridized carbons (Fsp3) is 0.692. The lowest BCUT2D eigenvalue weighted by Gasteiger charge is -2.20. The van der Waals surface area contributed by atoms with Gasteiger partial charge in [0.2, 0.25) is 5.91 Å². The van der Waals surface area contributed by atoms with Crippen LogP contribution in [0.1, 0.15) is 47.8 Å². The minimum atomic E-state index is -0.0655. The van der Waals surface area contributed by atoms with Gasteiger partial charge in [-0.05, 0) is 40.0 Å². The third kappa shape index (κ3) is 3.09. The second-order valence-electron chi connectivity index (χ2n) is 4.91. The van der Waals surface area contributed by atoms with Gasteiger partial charge >= 0.3 is 0 Å². The predicted molar refractivity (Wildman–Crippen MR) is 73.8 cm³/mol. The molecule has 18 heavy (non-hydrogen) atoms. The lowest BCUT2D eigenvalue weighted by molar-refractivity contribution is -0.123. The van der Waals surface area contributed by atoms with Crippen LogP contribution in [0.5, 0.6) is 0 Å². The highest BCUT2D eigenvalue weighted by Gasteiger charge is 2.23. The molecule has 100 valence electrons. The van der Waals surface area contributed by atoms with Gasteiger partial charge in [0.1, 0.15) is 0 Å². The van der Waals surface area contributed by atoms with Crippen molar-refractivity contribution in [2.24, 2.45) is 0 Å². The summed E-state index contributed by atoms with van der Waals surface area (Å²) in [6.07, 6.45) is 3.10. The van der Waals surface area contributed by atoms with Gasteiger partial charge in [-0.1, -0.05) is 0 Å². The Balaban J connectivity index is 2.03. The first kappa shape index (κ1) is 13.5. The zero-order chi connectivity index (χ0) is 13.1. The van der Waals surface area contributed by atoms with Crippen molar-refractivity contribution >= 4 is 17.2 Å². The van der Waals surface area contributed by atoms with Crippen LogP contribution in [0.15, 0.2) is 0 Å². The summed E-state index contributed by atoms with van der Waals surface area (Å²) in [5, 5.41) is 7.48. The van der Waals surface area contributed by atoms with Crippen molar-refractivity contribution in [3.63, 3.8) is 0 Å². The molecule has 0 aliphatic carbocycles. The molecule has 4 nitrogen and oxygen atoms in total. The zero-order valence-corrected chi connectivity index (χ0v) is 12.1. The molecule has 5 heteroatoms. The van der Waals surface area contributed by atoms with Crippen LogP contribution in [0.2, 0.25) is 0 Å². The van der Waals surface area contributed by atoms with Crippen molar-refractivity contribution in [1.82, 2.24) is 15.6 Å². The molecule has 0 aromatic carbocycles. The average Bonchev–Trinajstić information content (AvgIpc) is 2.52. The normalized spacial score (nSPS) is 22.4. The monoisotopic (exact) mass is 267 g/mol. The summed E-state index contributed by atoms with van der Waals surface area (Å²) < 4.78 is 0. The Morgan fingerprint density at radius 3 is 2.89 bits per heavy atom. The van der Waals surface area contributed by atoms with Gasteiger partial charge < -0.3 is 5.32 Å². The molecule has 0 spiro atoms. The molecule has 2 unspecified atom stereocenters. The molecule has 1 amide bonds. The fourth-order valence-corrected chi connectivity index (χ4v) is 3.36. The molecule has 1 saturated heterocycles. The van der Waals surface area contributed by atoms with Gasteiger partial charge in [-0.3, -0.25) is 10.1 Å². The third-order valence-electron chi connectivity index (χ3n) is 3.32. The summed E-state index contributed by atoms with van der Waals surface area (Å²) in [6.45, 7) is 6.97. The molecule has 2 N–H and O–H groups in total. The molecule has 1 fully saturated rings. The van der Waals surface area contributed by atoms with E-state index in [4.69, 9.17) is 0 Å². The number of carbonyl (C=O) groups excluding carboxylic acids is 1. The summed E-state index contributed by atoms with van der Waals surface area (Å²) in [4.78, 5) is 17.6. The van der Waals surface area contributed by atoms with E-state index in [0.717, 1.165) is 36.5 Å². The molecule has 1 aromatic heterocycles. The number of amides is 1. The van der Waals surface area contributed by atoms with Crippen LogP contribution in [-0.4, -0.2) is 23.5 Å². The molecular weight excluding hydrogens is 246 g/mol. The lowest BCUT2D eigenvalue weighted by atomic mass is 10.1. The Bertz CT molecular complexity index is 430. The number of rotatable bonds is 3. The standard InChI is InChI=1S/C13H21N3OS/c1-8-12(18-10(3)15-8)9(2)16-11-6-4-5-7-14-13(11)17/h9,11,16H,4-7H2,1-3H3,(H,14,17). The molecule has 0 bridgehead atoms. The Morgan fingerprint density at radius 2 is 2.22 bits per heavy atom. The maximum absolute atomic E-state index is 11.9. The number of hydrogen-bond acceptors (Lipinski definition) is 4. The molecule has 1 aromatic rings. The highest BCUT2D eigenvalue weighted by Crippen LogP contribution is 2.25. The lowest BCUT2D eigenvalue weighted by Crippen LogP contribution is -2.43. The largest absolute Gasteiger partial charge is 0.355 e. The maximum atomic E-state index is 11.9. The van der Waals surface area contributed by atoms with E-state index in [0.29, 0.717) is 0 Å². The summed E-state index contributed by atoms with van der Waals surface area (Å²) in [5.41, 5.74) is 1.08. The van der Waals surface area contributed by atoms with Crippen LogP contribution in [0.4, 0.5) is 0 Å². The third-order valence-corrected chi connectivity index (χ3v) is 4.57. The van der Waals surface area contributed by atoms with Gasteiger partial charge in [0, 0.05) is 17.5 Å². The number of hydrogen-bond donors (Lipinski definition) is 2. The molecule has 0 radical (unpaired) electrons. The van der Waals surface area contributed by atoms with E-state index in [1.807, 2.05) is 13.8 Å². The van der Waals surface area contributed by atoms with Gasteiger partial charge in [0.25, 0.3) is 0 Å². The highest BCUT2D eigenvalue weighted by molar-refractivity contribution is 7.11.